The molecule has 0 bridgehead atoms. The van der Waals surface area contributed by atoms with Crippen LogP contribution in [0.2, 0.25) is 0 Å². The van der Waals surface area contributed by atoms with Crippen LogP contribution in [0.5, 0.6) is 5.75 Å². The molecule has 1 aliphatic rings. The number of para-hydroxylation sites is 1. The van der Waals surface area contributed by atoms with E-state index in [1.165, 1.54) is 0 Å². The second-order valence-electron chi connectivity index (χ2n) is 3.86. The van der Waals surface area contributed by atoms with E-state index >= 15 is 0 Å². The minimum Gasteiger partial charge on any atom is -0.493 e. The Balaban J connectivity index is 2.44. The van der Waals surface area contributed by atoms with Gasteiger partial charge in [0.1, 0.15) is 11.4 Å². The zero-order valence-electron chi connectivity index (χ0n) is 9.10. The van der Waals surface area contributed by atoms with Gasteiger partial charge in [0.25, 0.3) is 0 Å². The molecule has 1 unspecified atom stereocenters. The van der Waals surface area contributed by atoms with Crippen LogP contribution in [0.25, 0.3) is 0 Å². The lowest BCUT2D eigenvalue weighted by Crippen LogP contribution is -2.36. The Morgan fingerprint density at radius 2 is 2.31 bits per heavy atom. The molecule has 4 nitrogen and oxygen atoms in total. The number of hydrogen-bond donors (Lipinski definition) is 1. The standard InChI is InChI=1S/C12H14O4/c1-15-12(8-11(13)14)6-7-16-10-5-3-2-4-9(10)12/h2-5H,6-8H2,1H3,(H,13,14). The van der Waals surface area contributed by atoms with Crippen LogP contribution < -0.4 is 4.74 Å². The fraction of sp³-hybridized carbons (Fsp3) is 0.417. The third-order valence-corrected chi connectivity index (χ3v) is 2.97. The van der Waals surface area contributed by atoms with Crippen molar-refractivity contribution in [2.45, 2.75) is 18.4 Å². The molecule has 2 rings (SSSR count). The summed E-state index contributed by atoms with van der Waals surface area (Å²) < 4.78 is 10.9. The van der Waals surface area contributed by atoms with Gasteiger partial charge >= 0.3 is 5.97 Å². The Morgan fingerprint density at radius 3 is 3.00 bits per heavy atom. The van der Waals surface area contributed by atoms with Gasteiger partial charge in [-0.05, 0) is 6.07 Å². The molecule has 86 valence electrons. The maximum atomic E-state index is 10.9. The van der Waals surface area contributed by atoms with Crippen molar-refractivity contribution in [3.8, 4) is 5.75 Å². The maximum Gasteiger partial charge on any atom is 0.306 e. The molecule has 0 aliphatic carbocycles. The highest BCUT2D eigenvalue weighted by atomic mass is 16.5. The van der Waals surface area contributed by atoms with Crippen LogP contribution in [0.4, 0.5) is 0 Å². The van der Waals surface area contributed by atoms with Gasteiger partial charge in [0, 0.05) is 19.1 Å². The number of aliphatic carboxylic acids is 1. The first-order valence-electron chi connectivity index (χ1n) is 5.17. The smallest absolute Gasteiger partial charge is 0.306 e. The summed E-state index contributed by atoms with van der Waals surface area (Å²) in [7, 11) is 1.55. The monoisotopic (exact) mass is 222 g/mol. The molecule has 1 aliphatic heterocycles. The number of ether oxygens (including phenoxy) is 2. The SMILES string of the molecule is COC1(CC(=O)O)CCOc2ccccc21. The van der Waals surface area contributed by atoms with Crippen molar-refractivity contribution in [3.05, 3.63) is 29.8 Å². The van der Waals surface area contributed by atoms with Gasteiger partial charge in [0.15, 0.2) is 0 Å². The summed E-state index contributed by atoms with van der Waals surface area (Å²) in [5.41, 5.74) is 0.0758. The molecule has 0 amide bonds. The summed E-state index contributed by atoms with van der Waals surface area (Å²) in [6, 6.07) is 7.43. The first-order valence-corrected chi connectivity index (χ1v) is 5.17. The van der Waals surface area contributed by atoms with Crippen LogP contribution in [0.3, 0.4) is 0 Å². The van der Waals surface area contributed by atoms with E-state index in [4.69, 9.17) is 14.6 Å². The molecule has 4 heteroatoms. The average molecular weight is 222 g/mol. The summed E-state index contributed by atoms with van der Waals surface area (Å²) in [6.07, 6.45) is 0.524. The van der Waals surface area contributed by atoms with E-state index in [1.807, 2.05) is 24.3 Å². The molecule has 1 aromatic carbocycles. The highest BCUT2D eigenvalue weighted by Gasteiger charge is 2.39. The molecule has 0 spiro atoms. The van der Waals surface area contributed by atoms with E-state index in [-0.39, 0.29) is 6.42 Å². The molecule has 0 aromatic heterocycles. The normalized spacial score (nSPS) is 23.3. The minimum absolute atomic E-state index is 0.0378. The zero-order valence-corrected chi connectivity index (χ0v) is 9.10. The average Bonchev–Trinajstić information content (AvgIpc) is 2.29. The van der Waals surface area contributed by atoms with E-state index < -0.39 is 11.6 Å². The number of carboxylic acid groups (broad SMARTS) is 1. The van der Waals surface area contributed by atoms with Crippen molar-refractivity contribution in [3.63, 3.8) is 0 Å². The molecule has 0 radical (unpaired) electrons. The van der Waals surface area contributed by atoms with Crippen molar-refractivity contribution in [1.82, 2.24) is 0 Å². The van der Waals surface area contributed by atoms with Crippen molar-refractivity contribution in [1.29, 1.82) is 0 Å². The van der Waals surface area contributed by atoms with Crippen molar-refractivity contribution < 1.29 is 19.4 Å². The second kappa shape index (κ2) is 4.14. The predicted octanol–water partition coefficient (Wildman–Crippen LogP) is 1.79. The molecule has 1 atom stereocenters. The summed E-state index contributed by atoms with van der Waals surface area (Å²) in [4.78, 5) is 10.9. The van der Waals surface area contributed by atoms with E-state index in [2.05, 4.69) is 0 Å². The first-order chi connectivity index (χ1) is 7.68. The summed E-state index contributed by atoms with van der Waals surface area (Å²) in [5, 5.41) is 8.97. The van der Waals surface area contributed by atoms with Gasteiger partial charge < -0.3 is 14.6 Å². The van der Waals surface area contributed by atoms with Gasteiger partial charge in [-0.25, -0.2) is 0 Å². The zero-order chi connectivity index (χ0) is 11.6. The number of rotatable bonds is 3. The Hall–Kier alpha value is -1.55. The lowest BCUT2D eigenvalue weighted by atomic mass is 9.85. The van der Waals surface area contributed by atoms with E-state index in [0.717, 1.165) is 11.3 Å². The molecule has 1 aromatic rings. The summed E-state index contributed by atoms with van der Waals surface area (Å²) >= 11 is 0. The van der Waals surface area contributed by atoms with Gasteiger partial charge in [-0.1, -0.05) is 18.2 Å². The van der Waals surface area contributed by atoms with E-state index in [9.17, 15) is 4.79 Å². The van der Waals surface area contributed by atoms with Crippen LogP contribution in [0.15, 0.2) is 24.3 Å². The largest absolute Gasteiger partial charge is 0.493 e. The van der Waals surface area contributed by atoms with Crippen LogP contribution >= 0.6 is 0 Å². The number of carbonyl (C=O) groups is 1. The number of benzene rings is 1. The molecule has 1 N–H and O–H groups in total. The van der Waals surface area contributed by atoms with Crippen molar-refractivity contribution in [2.24, 2.45) is 0 Å². The predicted molar refractivity (Wildman–Crippen MR) is 57.5 cm³/mol. The van der Waals surface area contributed by atoms with Gasteiger partial charge in [-0.3, -0.25) is 4.79 Å². The topological polar surface area (TPSA) is 55.8 Å². The van der Waals surface area contributed by atoms with E-state index in [1.54, 1.807) is 7.11 Å². The molecule has 16 heavy (non-hydrogen) atoms. The maximum absolute atomic E-state index is 10.9. The quantitative estimate of drug-likeness (QED) is 0.847. The lowest BCUT2D eigenvalue weighted by molar-refractivity contribution is -0.146. The minimum atomic E-state index is -0.862. The summed E-state index contributed by atoms with van der Waals surface area (Å²) in [6.45, 7) is 0.484. The molecular weight excluding hydrogens is 208 g/mol. The fourth-order valence-corrected chi connectivity index (χ4v) is 2.14. The van der Waals surface area contributed by atoms with Crippen LogP contribution in [-0.4, -0.2) is 24.8 Å². The number of fused-ring (bicyclic) bond motifs is 1. The third kappa shape index (κ3) is 1.76. The van der Waals surface area contributed by atoms with Gasteiger partial charge in [-0.2, -0.15) is 0 Å². The Morgan fingerprint density at radius 1 is 1.56 bits per heavy atom. The highest BCUT2D eigenvalue weighted by Crippen LogP contribution is 2.41. The summed E-state index contributed by atoms with van der Waals surface area (Å²) in [5.74, 6) is -0.143. The van der Waals surface area contributed by atoms with E-state index in [0.29, 0.717) is 13.0 Å². The third-order valence-electron chi connectivity index (χ3n) is 2.97. The fourth-order valence-electron chi connectivity index (χ4n) is 2.14. The molecule has 0 saturated heterocycles. The molecule has 0 fully saturated rings. The molecular formula is C12H14O4. The second-order valence-corrected chi connectivity index (χ2v) is 3.86. The Kier molecular flexibility index (Phi) is 2.83. The first kappa shape index (κ1) is 11.0. The lowest BCUT2D eigenvalue weighted by Gasteiger charge is -2.36. The van der Waals surface area contributed by atoms with Crippen LogP contribution in [0.1, 0.15) is 18.4 Å². The molecule has 0 saturated carbocycles. The Labute approximate surface area is 93.8 Å². The van der Waals surface area contributed by atoms with Crippen LogP contribution in [0, 0.1) is 0 Å². The number of methoxy groups -OCH3 is 1. The van der Waals surface area contributed by atoms with Crippen molar-refractivity contribution in [2.75, 3.05) is 13.7 Å². The van der Waals surface area contributed by atoms with Gasteiger partial charge in [-0.15, -0.1) is 0 Å². The van der Waals surface area contributed by atoms with Crippen molar-refractivity contribution >= 4 is 5.97 Å². The Bertz CT molecular complexity index is 402. The van der Waals surface area contributed by atoms with Crippen LogP contribution in [-0.2, 0) is 15.1 Å². The number of hydrogen-bond acceptors (Lipinski definition) is 3. The van der Waals surface area contributed by atoms with Gasteiger partial charge in [0.05, 0.1) is 13.0 Å². The molecule has 1 heterocycles. The van der Waals surface area contributed by atoms with Gasteiger partial charge in [0.2, 0.25) is 0 Å². The number of carboxylic acids is 1. The highest BCUT2D eigenvalue weighted by molar-refractivity contribution is 5.69.